The molecule has 0 radical (unpaired) electrons. The van der Waals surface area contributed by atoms with Crippen molar-refractivity contribution in [3.05, 3.63) is 0 Å². The third-order valence-corrected chi connectivity index (χ3v) is 2.98. The topological polar surface area (TPSA) is 167 Å². The number of nitrogens with one attached hydrogen (secondary N) is 1. The average molecular weight is 333 g/mol. The molecule has 0 aromatic rings. The second-order valence-corrected chi connectivity index (χ2v) is 4.94. The van der Waals surface area contributed by atoms with E-state index in [0.717, 1.165) is 0 Å². The number of Topliss-reactive ketones (excluding diaryl/α,β-unsaturated/α-hetero) is 1. The number of rotatable bonds is 11. The number of carboxylic acids is 3. The van der Waals surface area contributed by atoms with Gasteiger partial charge in [0.15, 0.2) is 0 Å². The molecule has 0 aromatic carbocycles. The molecule has 0 fully saturated rings. The van der Waals surface area contributed by atoms with Gasteiger partial charge in [0.2, 0.25) is 5.60 Å². The number of hydrogen-bond donors (Lipinski definition) is 4. The number of carbonyl (C=O) groups is 5. The molecule has 0 rings (SSSR count). The first-order chi connectivity index (χ1) is 10.5. The van der Waals surface area contributed by atoms with Gasteiger partial charge in [-0.15, -0.1) is 0 Å². The second-order valence-electron chi connectivity index (χ2n) is 4.94. The van der Waals surface area contributed by atoms with Crippen LogP contribution in [0.3, 0.4) is 0 Å². The highest BCUT2D eigenvalue weighted by Gasteiger charge is 2.48. The summed E-state index contributed by atoms with van der Waals surface area (Å²) in [7, 11) is 1.36. The third-order valence-electron chi connectivity index (χ3n) is 2.98. The fourth-order valence-corrected chi connectivity index (χ4v) is 1.81. The number of ether oxygens (including phenoxy) is 1. The van der Waals surface area contributed by atoms with Crippen LogP contribution >= 0.6 is 0 Å². The van der Waals surface area contributed by atoms with Crippen LogP contribution in [0.25, 0.3) is 0 Å². The molecule has 0 aliphatic heterocycles. The van der Waals surface area contributed by atoms with Gasteiger partial charge in [-0.3, -0.25) is 14.4 Å². The summed E-state index contributed by atoms with van der Waals surface area (Å²) >= 11 is 0. The average Bonchev–Trinajstić information content (AvgIpc) is 2.36. The molecule has 0 spiro atoms. The van der Waals surface area contributed by atoms with Gasteiger partial charge >= 0.3 is 23.9 Å². The molecule has 1 unspecified atom stereocenters. The standard InChI is InChI=1S/C13H19NO9/c1-7(15)3-4-8(14-2)11(20)23-13(12(21)22,5-9(16)17)6-10(18)19/h8,14H,3-6H2,1-2H3,(H,16,17)(H,18,19)(H,21,22). The zero-order valence-electron chi connectivity index (χ0n) is 12.7. The number of esters is 1. The molecular weight excluding hydrogens is 314 g/mol. The SMILES string of the molecule is CNC(CCC(C)=O)C(=O)OC(CC(=O)O)(CC(=O)O)C(=O)O. The molecule has 0 saturated carbocycles. The van der Waals surface area contributed by atoms with Gasteiger partial charge in [-0.05, 0) is 20.4 Å². The van der Waals surface area contributed by atoms with Crippen LogP contribution in [0.2, 0.25) is 0 Å². The van der Waals surface area contributed by atoms with Crippen molar-refractivity contribution in [1.82, 2.24) is 5.32 Å². The van der Waals surface area contributed by atoms with E-state index in [1.807, 2.05) is 0 Å². The monoisotopic (exact) mass is 333 g/mol. The lowest BCUT2D eigenvalue weighted by Crippen LogP contribution is -2.50. The van der Waals surface area contributed by atoms with E-state index in [1.165, 1.54) is 14.0 Å². The van der Waals surface area contributed by atoms with Crippen LogP contribution in [0.5, 0.6) is 0 Å². The summed E-state index contributed by atoms with van der Waals surface area (Å²) < 4.78 is 4.73. The maximum Gasteiger partial charge on any atom is 0.349 e. The van der Waals surface area contributed by atoms with Gasteiger partial charge in [0.05, 0.1) is 12.8 Å². The van der Waals surface area contributed by atoms with Crippen LogP contribution in [0.4, 0.5) is 0 Å². The lowest BCUT2D eigenvalue weighted by molar-refractivity contribution is -0.187. The lowest BCUT2D eigenvalue weighted by Gasteiger charge is -2.28. The van der Waals surface area contributed by atoms with Crippen molar-refractivity contribution in [2.24, 2.45) is 0 Å². The number of likely N-dealkylation sites (N-methyl/N-ethyl adjacent to an activating group) is 1. The van der Waals surface area contributed by atoms with Gasteiger partial charge in [-0.2, -0.15) is 0 Å². The van der Waals surface area contributed by atoms with Gasteiger partial charge in [-0.1, -0.05) is 0 Å². The largest absolute Gasteiger partial charge is 0.481 e. The molecule has 0 aliphatic rings. The molecule has 0 aromatic heterocycles. The van der Waals surface area contributed by atoms with E-state index in [9.17, 15) is 24.0 Å². The molecule has 0 amide bonds. The van der Waals surface area contributed by atoms with Gasteiger partial charge in [0.1, 0.15) is 11.8 Å². The van der Waals surface area contributed by atoms with Crippen LogP contribution in [0, 0.1) is 0 Å². The van der Waals surface area contributed by atoms with Gasteiger partial charge in [-0.25, -0.2) is 4.79 Å². The lowest BCUT2D eigenvalue weighted by atomic mass is 9.95. The molecule has 4 N–H and O–H groups in total. The number of carboxylic acid groups (broad SMARTS) is 3. The highest BCUT2D eigenvalue weighted by Crippen LogP contribution is 2.23. The number of carbonyl (C=O) groups excluding carboxylic acids is 2. The molecule has 0 heterocycles. The van der Waals surface area contributed by atoms with Crippen molar-refractivity contribution in [1.29, 1.82) is 0 Å². The Kier molecular flexibility index (Phi) is 7.88. The van der Waals surface area contributed by atoms with Crippen LogP contribution in [0.1, 0.15) is 32.6 Å². The van der Waals surface area contributed by atoms with Gasteiger partial charge < -0.3 is 30.2 Å². The summed E-state index contributed by atoms with van der Waals surface area (Å²) in [5.41, 5.74) is -2.72. The Morgan fingerprint density at radius 3 is 1.83 bits per heavy atom. The second kappa shape index (κ2) is 8.83. The zero-order valence-corrected chi connectivity index (χ0v) is 12.7. The Labute approximate surface area is 131 Å². The van der Waals surface area contributed by atoms with Crippen LogP contribution < -0.4 is 5.32 Å². The summed E-state index contributed by atoms with van der Waals surface area (Å²) in [6.45, 7) is 1.30. The van der Waals surface area contributed by atoms with Crippen molar-refractivity contribution in [2.45, 2.75) is 44.2 Å². The predicted octanol–water partition coefficient (Wildman–Crippen LogP) is -0.740. The first-order valence-corrected chi connectivity index (χ1v) is 6.60. The van der Waals surface area contributed by atoms with Gasteiger partial charge in [0, 0.05) is 6.42 Å². The smallest absolute Gasteiger partial charge is 0.349 e. The summed E-state index contributed by atoms with van der Waals surface area (Å²) in [5, 5.41) is 29.3. The molecule has 0 bridgehead atoms. The summed E-state index contributed by atoms with van der Waals surface area (Å²) in [6, 6.07) is -1.07. The molecule has 130 valence electrons. The minimum atomic E-state index is -2.72. The normalized spacial score (nSPS) is 12.3. The quantitative estimate of drug-likeness (QED) is 0.353. The Hall–Kier alpha value is -2.49. The Morgan fingerprint density at radius 1 is 1.04 bits per heavy atom. The predicted molar refractivity (Wildman–Crippen MR) is 73.7 cm³/mol. The van der Waals surface area contributed by atoms with Crippen molar-refractivity contribution < 1.29 is 44.0 Å². The molecule has 10 nitrogen and oxygen atoms in total. The Bertz CT molecular complexity index is 484. The fraction of sp³-hybridized carbons (Fsp3) is 0.615. The van der Waals surface area contributed by atoms with E-state index in [2.05, 4.69) is 5.32 Å². The fourth-order valence-electron chi connectivity index (χ4n) is 1.81. The van der Waals surface area contributed by atoms with Crippen LogP contribution in [-0.2, 0) is 28.7 Å². The van der Waals surface area contributed by atoms with Gasteiger partial charge in [0.25, 0.3) is 0 Å². The molecular formula is C13H19NO9. The summed E-state index contributed by atoms with van der Waals surface area (Å²) in [4.78, 5) is 56.0. The molecule has 0 saturated heterocycles. The number of ketones is 1. The minimum absolute atomic E-state index is 0.000505. The Balaban J connectivity index is 5.35. The van der Waals surface area contributed by atoms with Crippen LogP contribution in [0.15, 0.2) is 0 Å². The van der Waals surface area contributed by atoms with Crippen molar-refractivity contribution >= 4 is 29.7 Å². The Morgan fingerprint density at radius 2 is 1.52 bits per heavy atom. The summed E-state index contributed by atoms with van der Waals surface area (Å²) in [6.07, 6.45) is -2.40. The van der Waals surface area contributed by atoms with E-state index in [1.54, 1.807) is 0 Å². The highest BCUT2D eigenvalue weighted by molar-refractivity contribution is 5.91. The highest BCUT2D eigenvalue weighted by atomic mass is 16.6. The van der Waals surface area contributed by atoms with E-state index in [0.29, 0.717) is 0 Å². The third kappa shape index (κ3) is 6.87. The van der Waals surface area contributed by atoms with E-state index in [-0.39, 0.29) is 18.6 Å². The maximum atomic E-state index is 12.0. The molecule has 1 atom stereocenters. The molecule has 10 heteroatoms. The minimum Gasteiger partial charge on any atom is -0.481 e. The van der Waals surface area contributed by atoms with E-state index in [4.69, 9.17) is 20.1 Å². The first kappa shape index (κ1) is 20.5. The van der Waals surface area contributed by atoms with Crippen molar-refractivity contribution in [2.75, 3.05) is 7.05 Å². The van der Waals surface area contributed by atoms with Crippen molar-refractivity contribution in [3.63, 3.8) is 0 Å². The summed E-state index contributed by atoms with van der Waals surface area (Å²) in [5.74, 6) is -6.49. The molecule has 23 heavy (non-hydrogen) atoms. The first-order valence-electron chi connectivity index (χ1n) is 6.60. The maximum absolute atomic E-state index is 12.0. The van der Waals surface area contributed by atoms with Crippen molar-refractivity contribution in [3.8, 4) is 0 Å². The van der Waals surface area contributed by atoms with E-state index < -0.39 is 48.4 Å². The molecule has 0 aliphatic carbocycles. The number of aliphatic carboxylic acids is 3. The van der Waals surface area contributed by atoms with E-state index >= 15 is 0 Å². The zero-order chi connectivity index (χ0) is 18.2. The number of hydrogen-bond acceptors (Lipinski definition) is 7. The van der Waals surface area contributed by atoms with Crippen LogP contribution in [-0.4, -0.2) is 63.7 Å².